The number of carbonyl (C=O) groups is 1. The Morgan fingerprint density at radius 3 is 2.27 bits per heavy atom. The average Bonchev–Trinajstić information content (AvgIpc) is 2.65. The Hall–Kier alpha value is -2.33. The molecule has 1 N–H and O–H groups in total. The first-order chi connectivity index (χ1) is 12.6. The Morgan fingerprint density at radius 1 is 0.962 bits per heavy atom. The van der Waals surface area contributed by atoms with Gasteiger partial charge in [-0.1, -0.05) is 35.4 Å². The molecule has 2 aromatic rings. The van der Waals surface area contributed by atoms with Gasteiger partial charge in [-0.25, -0.2) is 0 Å². The first kappa shape index (κ1) is 18.5. The molecule has 1 saturated heterocycles. The number of carbonyl (C=O) groups excluding carboxylic acids is 1. The van der Waals surface area contributed by atoms with Crippen molar-refractivity contribution in [3.05, 3.63) is 65.2 Å². The number of benzene rings is 2. The van der Waals surface area contributed by atoms with Crippen molar-refractivity contribution in [2.45, 2.75) is 20.3 Å². The van der Waals surface area contributed by atoms with Crippen molar-refractivity contribution in [1.82, 2.24) is 10.2 Å². The molecule has 0 unspecified atom stereocenters. The number of nitrogens with one attached hydrogen (secondary N) is 1. The van der Waals surface area contributed by atoms with E-state index < -0.39 is 0 Å². The largest absolute Gasteiger partial charge is 0.369 e. The maximum absolute atomic E-state index is 12.3. The molecule has 1 fully saturated rings. The number of hydrogen-bond donors (Lipinski definition) is 1. The predicted molar refractivity (Wildman–Crippen MR) is 108 cm³/mol. The SMILES string of the molecule is Cc1cc(C)cc(C(=O)NCCCN2CCN(c3ccccc3)CC2)c1. The van der Waals surface area contributed by atoms with Crippen LogP contribution in [-0.4, -0.2) is 50.1 Å². The van der Waals surface area contributed by atoms with Gasteiger partial charge < -0.3 is 10.2 Å². The summed E-state index contributed by atoms with van der Waals surface area (Å²) < 4.78 is 0. The third kappa shape index (κ3) is 5.09. The second-order valence-electron chi connectivity index (χ2n) is 7.15. The van der Waals surface area contributed by atoms with Crippen molar-refractivity contribution in [1.29, 1.82) is 0 Å². The minimum atomic E-state index is 0.0331. The highest BCUT2D eigenvalue weighted by Crippen LogP contribution is 2.15. The number of hydrogen-bond acceptors (Lipinski definition) is 3. The van der Waals surface area contributed by atoms with Gasteiger partial charge in [0.25, 0.3) is 5.91 Å². The monoisotopic (exact) mass is 351 g/mol. The molecule has 0 bridgehead atoms. The van der Waals surface area contributed by atoms with E-state index in [2.05, 4.69) is 51.5 Å². The van der Waals surface area contributed by atoms with Gasteiger partial charge in [-0.3, -0.25) is 9.69 Å². The van der Waals surface area contributed by atoms with Crippen LogP contribution in [0.1, 0.15) is 27.9 Å². The molecule has 4 nitrogen and oxygen atoms in total. The number of amides is 1. The molecule has 138 valence electrons. The average molecular weight is 351 g/mol. The molecule has 1 amide bonds. The molecule has 1 heterocycles. The molecule has 0 aromatic heterocycles. The van der Waals surface area contributed by atoms with Gasteiger partial charge in [0.1, 0.15) is 0 Å². The van der Waals surface area contributed by atoms with E-state index in [1.165, 1.54) is 5.69 Å². The van der Waals surface area contributed by atoms with Crippen LogP contribution in [-0.2, 0) is 0 Å². The third-order valence-corrected chi connectivity index (χ3v) is 4.91. The normalized spacial score (nSPS) is 15.1. The van der Waals surface area contributed by atoms with Crippen LogP contribution < -0.4 is 10.2 Å². The Kier molecular flexibility index (Phi) is 6.29. The molecule has 0 spiro atoms. The summed E-state index contributed by atoms with van der Waals surface area (Å²) in [5.41, 5.74) is 4.34. The minimum absolute atomic E-state index is 0.0331. The maximum Gasteiger partial charge on any atom is 0.251 e. The van der Waals surface area contributed by atoms with Crippen molar-refractivity contribution in [2.75, 3.05) is 44.2 Å². The number of anilines is 1. The van der Waals surface area contributed by atoms with E-state index in [9.17, 15) is 4.79 Å². The molecule has 0 saturated carbocycles. The molecule has 3 rings (SSSR count). The fraction of sp³-hybridized carbons (Fsp3) is 0.409. The summed E-state index contributed by atoms with van der Waals surface area (Å²) in [6, 6.07) is 16.6. The maximum atomic E-state index is 12.3. The second kappa shape index (κ2) is 8.86. The first-order valence-electron chi connectivity index (χ1n) is 9.51. The Balaban J connectivity index is 1.36. The van der Waals surface area contributed by atoms with Crippen LogP contribution in [0.4, 0.5) is 5.69 Å². The Morgan fingerprint density at radius 2 is 1.62 bits per heavy atom. The van der Waals surface area contributed by atoms with Crippen LogP contribution in [0.2, 0.25) is 0 Å². The molecular weight excluding hydrogens is 322 g/mol. The Bertz CT molecular complexity index is 701. The van der Waals surface area contributed by atoms with E-state index in [0.717, 1.165) is 62.4 Å². The Labute approximate surface area is 156 Å². The van der Waals surface area contributed by atoms with Gasteiger partial charge >= 0.3 is 0 Å². The van der Waals surface area contributed by atoms with Crippen LogP contribution >= 0.6 is 0 Å². The van der Waals surface area contributed by atoms with Gasteiger partial charge in [0.15, 0.2) is 0 Å². The van der Waals surface area contributed by atoms with Gasteiger partial charge in [-0.05, 0) is 51.1 Å². The van der Waals surface area contributed by atoms with Gasteiger partial charge in [0, 0.05) is 44.0 Å². The number of nitrogens with zero attached hydrogens (tertiary/aromatic N) is 2. The van der Waals surface area contributed by atoms with Crippen molar-refractivity contribution < 1.29 is 4.79 Å². The summed E-state index contributed by atoms with van der Waals surface area (Å²) in [7, 11) is 0. The quantitative estimate of drug-likeness (QED) is 0.812. The lowest BCUT2D eigenvalue weighted by atomic mass is 10.1. The van der Waals surface area contributed by atoms with E-state index in [-0.39, 0.29) is 5.91 Å². The number of aryl methyl sites for hydroxylation is 2. The number of rotatable bonds is 6. The van der Waals surface area contributed by atoms with Crippen LogP contribution in [0.3, 0.4) is 0 Å². The lowest BCUT2D eigenvalue weighted by molar-refractivity contribution is 0.0951. The zero-order valence-electron chi connectivity index (χ0n) is 15.9. The highest BCUT2D eigenvalue weighted by atomic mass is 16.1. The van der Waals surface area contributed by atoms with Gasteiger partial charge in [-0.2, -0.15) is 0 Å². The van der Waals surface area contributed by atoms with Crippen LogP contribution in [0.5, 0.6) is 0 Å². The topological polar surface area (TPSA) is 35.6 Å². The highest BCUT2D eigenvalue weighted by molar-refractivity contribution is 5.94. The number of piperazine rings is 1. The fourth-order valence-electron chi connectivity index (χ4n) is 3.58. The molecule has 0 atom stereocenters. The minimum Gasteiger partial charge on any atom is -0.369 e. The van der Waals surface area contributed by atoms with E-state index in [1.807, 2.05) is 26.0 Å². The lowest BCUT2D eigenvalue weighted by Gasteiger charge is -2.36. The van der Waals surface area contributed by atoms with E-state index in [1.54, 1.807) is 0 Å². The summed E-state index contributed by atoms with van der Waals surface area (Å²) in [6.07, 6.45) is 0.988. The van der Waals surface area contributed by atoms with Crippen molar-refractivity contribution >= 4 is 11.6 Å². The summed E-state index contributed by atoms with van der Waals surface area (Å²) >= 11 is 0. The molecule has 1 aliphatic heterocycles. The summed E-state index contributed by atoms with van der Waals surface area (Å²) in [5.74, 6) is 0.0331. The van der Waals surface area contributed by atoms with Gasteiger partial charge in [-0.15, -0.1) is 0 Å². The van der Waals surface area contributed by atoms with Gasteiger partial charge in [0.2, 0.25) is 0 Å². The van der Waals surface area contributed by atoms with Crippen LogP contribution in [0.25, 0.3) is 0 Å². The van der Waals surface area contributed by atoms with Crippen LogP contribution in [0.15, 0.2) is 48.5 Å². The van der Waals surface area contributed by atoms with Crippen molar-refractivity contribution in [3.8, 4) is 0 Å². The molecule has 26 heavy (non-hydrogen) atoms. The van der Waals surface area contributed by atoms with E-state index in [4.69, 9.17) is 0 Å². The third-order valence-electron chi connectivity index (χ3n) is 4.91. The lowest BCUT2D eigenvalue weighted by Crippen LogP contribution is -2.47. The predicted octanol–water partition coefficient (Wildman–Crippen LogP) is 3.25. The molecule has 2 aromatic carbocycles. The zero-order chi connectivity index (χ0) is 18.4. The summed E-state index contributed by atoms with van der Waals surface area (Å²) in [5, 5.41) is 3.05. The van der Waals surface area contributed by atoms with E-state index in [0.29, 0.717) is 0 Å². The molecular formula is C22H29N3O. The summed E-state index contributed by atoms with van der Waals surface area (Å²) in [6.45, 7) is 10.1. The molecule has 0 aliphatic carbocycles. The van der Waals surface area contributed by atoms with Gasteiger partial charge in [0.05, 0.1) is 0 Å². The molecule has 4 heteroatoms. The second-order valence-corrected chi connectivity index (χ2v) is 7.15. The standard InChI is InChI=1S/C22H29N3O/c1-18-15-19(2)17-20(16-18)22(26)23-9-6-10-24-11-13-25(14-12-24)21-7-4-3-5-8-21/h3-5,7-8,15-17H,6,9-14H2,1-2H3,(H,23,26). The van der Waals surface area contributed by atoms with Crippen LogP contribution in [0, 0.1) is 13.8 Å². The zero-order valence-corrected chi connectivity index (χ0v) is 15.9. The highest BCUT2D eigenvalue weighted by Gasteiger charge is 2.16. The first-order valence-corrected chi connectivity index (χ1v) is 9.51. The molecule has 0 radical (unpaired) electrons. The molecule has 1 aliphatic rings. The number of para-hydroxylation sites is 1. The smallest absolute Gasteiger partial charge is 0.251 e. The van der Waals surface area contributed by atoms with E-state index >= 15 is 0 Å². The summed E-state index contributed by atoms with van der Waals surface area (Å²) in [4.78, 5) is 17.2. The van der Waals surface area contributed by atoms with Crippen molar-refractivity contribution in [2.24, 2.45) is 0 Å². The fourth-order valence-corrected chi connectivity index (χ4v) is 3.58. The van der Waals surface area contributed by atoms with Crippen molar-refractivity contribution in [3.63, 3.8) is 0 Å².